The fourth-order valence-electron chi connectivity index (χ4n) is 3.16. The Kier molecular flexibility index (Phi) is 7.04. The summed E-state index contributed by atoms with van der Waals surface area (Å²) in [6.07, 6.45) is 6.68. The van der Waals surface area contributed by atoms with Crippen molar-refractivity contribution in [2.75, 3.05) is 5.32 Å². The zero-order chi connectivity index (χ0) is 20.6. The Morgan fingerprint density at radius 3 is 2.31 bits per heavy atom. The van der Waals surface area contributed by atoms with Crippen LogP contribution in [0.25, 0.3) is 6.08 Å². The number of hydrogen-bond donors (Lipinski definition) is 1. The Labute approximate surface area is 174 Å². The number of esters is 1. The van der Waals surface area contributed by atoms with Gasteiger partial charge in [0.15, 0.2) is 0 Å². The topological polar surface area (TPSA) is 79.2 Å². The van der Waals surface area contributed by atoms with Gasteiger partial charge >= 0.3 is 5.97 Å². The lowest BCUT2D eigenvalue weighted by Gasteiger charge is -2.21. The number of ether oxygens (including phenoxy) is 1. The second-order valence-corrected chi connectivity index (χ2v) is 7.35. The molecular formula is C23H21ClN2O3. The lowest BCUT2D eigenvalue weighted by molar-refractivity contribution is -0.112. The molecule has 0 bridgehead atoms. The summed E-state index contributed by atoms with van der Waals surface area (Å²) < 4.78 is 5.54. The Balaban J connectivity index is 1.62. The van der Waals surface area contributed by atoms with Gasteiger partial charge in [0.25, 0.3) is 5.91 Å². The highest BCUT2D eigenvalue weighted by molar-refractivity contribution is 6.30. The Bertz CT molecular complexity index is 938. The molecule has 1 fully saturated rings. The Morgan fingerprint density at radius 2 is 1.69 bits per heavy atom. The molecule has 5 nitrogen and oxygen atoms in total. The molecule has 3 rings (SSSR count). The van der Waals surface area contributed by atoms with Crippen molar-refractivity contribution in [3.63, 3.8) is 0 Å². The second kappa shape index (κ2) is 9.90. The lowest BCUT2D eigenvalue weighted by Crippen LogP contribution is -2.21. The van der Waals surface area contributed by atoms with Gasteiger partial charge < -0.3 is 10.1 Å². The van der Waals surface area contributed by atoms with Gasteiger partial charge in [0.05, 0.1) is 5.56 Å². The summed E-state index contributed by atoms with van der Waals surface area (Å²) in [5, 5.41) is 12.5. The third-order valence-electron chi connectivity index (χ3n) is 4.75. The van der Waals surface area contributed by atoms with Crippen LogP contribution in [0, 0.1) is 11.3 Å². The summed E-state index contributed by atoms with van der Waals surface area (Å²) in [7, 11) is 0. The third kappa shape index (κ3) is 5.94. The van der Waals surface area contributed by atoms with Crippen molar-refractivity contribution < 1.29 is 14.3 Å². The van der Waals surface area contributed by atoms with E-state index in [-0.39, 0.29) is 17.6 Å². The van der Waals surface area contributed by atoms with E-state index in [2.05, 4.69) is 5.32 Å². The van der Waals surface area contributed by atoms with Crippen LogP contribution in [0.15, 0.2) is 54.1 Å². The number of nitriles is 1. The first kappa shape index (κ1) is 20.6. The molecular weight excluding hydrogens is 388 g/mol. The molecule has 0 atom stereocenters. The predicted octanol–water partition coefficient (Wildman–Crippen LogP) is 5.38. The van der Waals surface area contributed by atoms with Crippen LogP contribution in [0.4, 0.5) is 5.69 Å². The summed E-state index contributed by atoms with van der Waals surface area (Å²) >= 11 is 5.84. The van der Waals surface area contributed by atoms with Gasteiger partial charge in [-0.1, -0.05) is 30.2 Å². The fourth-order valence-corrected chi connectivity index (χ4v) is 3.29. The van der Waals surface area contributed by atoms with Gasteiger partial charge in [-0.05, 0) is 73.7 Å². The quantitative estimate of drug-likeness (QED) is 0.409. The average Bonchev–Trinajstić information content (AvgIpc) is 2.74. The summed E-state index contributed by atoms with van der Waals surface area (Å²) in [6, 6.07) is 15.2. The molecule has 29 heavy (non-hydrogen) atoms. The van der Waals surface area contributed by atoms with E-state index in [0.717, 1.165) is 25.7 Å². The monoisotopic (exact) mass is 408 g/mol. The van der Waals surface area contributed by atoms with E-state index in [1.54, 1.807) is 48.5 Å². The number of amides is 1. The predicted molar refractivity (Wildman–Crippen MR) is 112 cm³/mol. The molecule has 2 aromatic carbocycles. The lowest BCUT2D eigenvalue weighted by atomic mass is 9.98. The standard InChI is InChI=1S/C23H21ClN2O3/c24-19-10-6-16(7-11-19)14-18(15-25)22(27)26-20-12-8-17(9-13-20)23(28)29-21-4-2-1-3-5-21/h6-14,21H,1-5H2,(H,26,27)/b18-14+. The number of hydrogen-bond acceptors (Lipinski definition) is 4. The molecule has 1 aliphatic carbocycles. The number of carbonyl (C=O) groups excluding carboxylic acids is 2. The molecule has 1 aliphatic rings. The highest BCUT2D eigenvalue weighted by atomic mass is 35.5. The van der Waals surface area contributed by atoms with E-state index in [1.165, 1.54) is 12.5 Å². The average molecular weight is 409 g/mol. The summed E-state index contributed by atoms with van der Waals surface area (Å²) in [6.45, 7) is 0. The summed E-state index contributed by atoms with van der Waals surface area (Å²) in [4.78, 5) is 24.6. The third-order valence-corrected chi connectivity index (χ3v) is 5.00. The van der Waals surface area contributed by atoms with Crippen LogP contribution in [0.2, 0.25) is 5.02 Å². The number of benzene rings is 2. The van der Waals surface area contributed by atoms with Crippen molar-refractivity contribution in [1.82, 2.24) is 0 Å². The minimum atomic E-state index is -0.528. The van der Waals surface area contributed by atoms with Gasteiger partial charge in [-0.15, -0.1) is 0 Å². The van der Waals surface area contributed by atoms with E-state index >= 15 is 0 Å². The maximum Gasteiger partial charge on any atom is 0.338 e. The van der Waals surface area contributed by atoms with Crippen molar-refractivity contribution in [3.05, 3.63) is 70.3 Å². The maximum atomic E-state index is 12.4. The number of nitrogens with one attached hydrogen (secondary N) is 1. The van der Waals surface area contributed by atoms with E-state index in [1.807, 2.05) is 6.07 Å². The minimum absolute atomic E-state index is 0.00757. The molecule has 6 heteroatoms. The van der Waals surface area contributed by atoms with Crippen LogP contribution in [0.3, 0.4) is 0 Å². The largest absolute Gasteiger partial charge is 0.459 e. The van der Waals surface area contributed by atoms with Gasteiger partial charge in [-0.25, -0.2) is 4.79 Å². The summed E-state index contributed by atoms with van der Waals surface area (Å²) in [5.74, 6) is -0.880. The molecule has 0 aliphatic heterocycles. The normalized spacial score (nSPS) is 14.7. The van der Waals surface area contributed by atoms with Crippen LogP contribution in [-0.4, -0.2) is 18.0 Å². The molecule has 1 N–H and O–H groups in total. The molecule has 2 aromatic rings. The first-order valence-electron chi connectivity index (χ1n) is 9.55. The first-order chi connectivity index (χ1) is 14.0. The van der Waals surface area contributed by atoms with E-state index in [9.17, 15) is 14.9 Å². The maximum absolute atomic E-state index is 12.4. The Morgan fingerprint density at radius 1 is 1.03 bits per heavy atom. The minimum Gasteiger partial charge on any atom is -0.459 e. The highest BCUT2D eigenvalue weighted by Gasteiger charge is 2.19. The van der Waals surface area contributed by atoms with Crippen LogP contribution >= 0.6 is 11.6 Å². The van der Waals surface area contributed by atoms with Crippen molar-refractivity contribution in [2.24, 2.45) is 0 Å². The van der Waals surface area contributed by atoms with Crippen molar-refractivity contribution in [1.29, 1.82) is 5.26 Å². The molecule has 0 heterocycles. The van der Waals surface area contributed by atoms with Gasteiger partial charge in [0.2, 0.25) is 0 Å². The molecule has 0 saturated heterocycles. The van der Waals surface area contributed by atoms with Crippen LogP contribution in [0.1, 0.15) is 48.0 Å². The number of nitrogens with zero attached hydrogens (tertiary/aromatic N) is 1. The molecule has 0 spiro atoms. The molecule has 0 radical (unpaired) electrons. The van der Waals surface area contributed by atoms with Gasteiger partial charge in [-0.2, -0.15) is 5.26 Å². The van der Waals surface area contributed by atoms with Crippen molar-refractivity contribution in [2.45, 2.75) is 38.2 Å². The smallest absolute Gasteiger partial charge is 0.338 e. The number of rotatable bonds is 5. The van der Waals surface area contributed by atoms with Crippen LogP contribution in [-0.2, 0) is 9.53 Å². The van der Waals surface area contributed by atoms with E-state index < -0.39 is 5.91 Å². The number of anilines is 1. The van der Waals surface area contributed by atoms with Crippen molar-refractivity contribution >= 4 is 35.2 Å². The number of halogens is 1. The number of carbonyl (C=O) groups is 2. The molecule has 1 amide bonds. The van der Waals surface area contributed by atoms with E-state index in [4.69, 9.17) is 16.3 Å². The zero-order valence-corrected chi connectivity index (χ0v) is 16.6. The fraction of sp³-hybridized carbons (Fsp3) is 0.261. The molecule has 148 valence electrons. The summed E-state index contributed by atoms with van der Waals surface area (Å²) in [5.41, 5.74) is 1.59. The first-order valence-corrected chi connectivity index (χ1v) is 9.93. The Hall–Kier alpha value is -3.10. The van der Waals surface area contributed by atoms with Gasteiger partial charge in [-0.3, -0.25) is 4.79 Å². The zero-order valence-electron chi connectivity index (χ0n) is 15.9. The van der Waals surface area contributed by atoms with Crippen molar-refractivity contribution in [3.8, 4) is 6.07 Å². The molecule has 0 unspecified atom stereocenters. The van der Waals surface area contributed by atoms with Crippen LogP contribution in [0.5, 0.6) is 0 Å². The molecule has 1 saturated carbocycles. The second-order valence-electron chi connectivity index (χ2n) is 6.92. The molecule has 0 aromatic heterocycles. The SMILES string of the molecule is N#C/C(=C\c1ccc(Cl)cc1)C(=O)Nc1ccc(C(=O)OC2CCCCC2)cc1. The van der Waals surface area contributed by atoms with Crippen LogP contribution < -0.4 is 5.32 Å². The highest BCUT2D eigenvalue weighted by Crippen LogP contribution is 2.22. The van der Waals surface area contributed by atoms with Gasteiger partial charge in [0, 0.05) is 10.7 Å². The van der Waals surface area contributed by atoms with E-state index in [0.29, 0.717) is 21.8 Å². The van der Waals surface area contributed by atoms with Gasteiger partial charge in [0.1, 0.15) is 17.7 Å².